The van der Waals surface area contributed by atoms with E-state index in [0.717, 1.165) is 12.8 Å². The van der Waals surface area contributed by atoms with Gasteiger partial charge in [0.1, 0.15) is 6.04 Å². The maximum absolute atomic E-state index is 12.0. The van der Waals surface area contributed by atoms with Crippen LogP contribution in [-0.4, -0.2) is 40.1 Å². The fourth-order valence-corrected chi connectivity index (χ4v) is 2.39. The van der Waals surface area contributed by atoms with Crippen molar-refractivity contribution >= 4 is 17.8 Å². The van der Waals surface area contributed by atoms with Crippen molar-refractivity contribution in [1.82, 2.24) is 5.32 Å². The number of carboxylic acid groups (broad SMARTS) is 2. The number of hydrogen-bond acceptors (Lipinski definition) is 4. The van der Waals surface area contributed by atoms with Crippen LogP contribution in [0.2, 0.25) is 0 Å². The summed E-state index contributed by atoms with van der Waals surface area (Å²) in [4.78, 5) is 33.5. The van der Waals surface area contributed by atoms with E-state index in [1.54, 1.807) is 0 Å². The molecular formula is C13H22N2O5. The van der Waals surface area contributed by atoms with Crippen LogP contribution >= 0.6 is 0 Å². The van der Waals surface area contributed by atoms with Crippen molar-refractivity contribution in [3.8, 4) is 0 Å². The summed E-state index contributed by atoms with van der Waals surface area (Å²) in [5.41, 5.74) is 5.76. The van der Waals surface area contributed by atoms with Crippen LogP contribution < -0.4 is 11.1 Å². The summed E-state index contributed by atoms with van der Waals surface area (Å²) in [6.45, 7) is 0. The molecule has 0 unspecified atom stereocenters. The molecule has 7 nitrogen and oxygen atoms in total. The number of aliphatic carboxylic acids is 2. The van der Waals surface area contributed by atoms with E-state index in [-0.39, 0.29) is 37.1 Å². The van der Waals surface area contributed by atoms with Crippen LogP contribution in [0, 0.1) is 5.92 Å². The first-order chi connectivity index (χ1) is 9.40. The lowest BCUT2D eigenvalue weighted by Crippen LogP contribution is -2.45. The molecule has 0 aromatic heterocycles. The van der Waals surface area contributed by atoms with Gasteiger partial charge < -0.3 is 21.3 Å². The zero-order valence-electron chi connectivity index (χ0n) is 11.4. The highest BCUT2D eigenvalue weighted by molar-refractivity contribution is 5.85. The van der Waals surface area contributed by atoms with Gasteiger partial charge in [0.15, 0.2) is 0 Å². The van der Waals surface area contributed by atoms with Gasteiger partial charge in [-0.15, -0.1) is 0 Å². The molecule has 5 N–H and O–H groups in total. The number of carboxylic acids is 2. The normalized spacial score (nSPS) is 23.9. The molecule has 1 saturated carbocycles. The van der Waals surface area contributed by atoms with E-state index in [4.69, 9.17) is 15.9 Å². The molecule has 0 saturated heterocycles. The number of carbonyl (C=O) groups excluding carboxylic acids is 1. The van der Waals surface area contributed by atoms with Crippen LogP contribution in [0.1, 0.15) is 44.9 Å². The summed E-state index contributed by atoms with van der Waals surface area (Å²) < 4.78 is 0. The Balaban J connectivity index is 2.42. The molecule has 0 radical (unpaired) electrons. The molecule has 1 aliphatic rings. The predicted molar refractivity (Wildman–Crippen MR) is 71.0 cm³/mol. The minimum absolute atomic E-state index is 0.0993. The molecule has 1 atom stereocenters. The van der Waals surface area contributed by atoms with E-state index < -0.39 is 18.0 Å². The number of carbonyl (C=O) groups is 3. The van der Waals surface area contributed by atoms with Gasteiger partial charge in [-0.25, -0.2) is 4.79 Å². The highest BCUT2D eigenvalue weighted by Crippen LogP contribution is 2.23. The lowest BCUT2D eigenvalue weighted by molar-refractivity contribution is -0.143. The first-order valence-electron chi connectivity index (χ1n) is 6.90. The highest BCUT2D eigenvalue weighted by atomic mass is 16.4. The van der Waals surface area contributed by atoms with Gasteiger partial charge in [0.05, 0.1) is 0 Å². The lowest BCUT2D eigenvalue weighted by atomic mass is 9.85. The van der Waals surface area contributed by atoms with Crippen LogP contribution in [0.5, 0.6) is 0 Å². The molecule has 20 heavy (non-hydrogen) atoms. The molecule has 1 fully saturated rings. The molecule has 7 heteroatoms. The first kappa shape index (κ1) is 16.4. The van der Waals surface area contributed by atoms with Gasteiger partial charge in [-0.05, 0) is 38.5 Å². The van der Waals surface area contributed by atoms with Gasteiger partial charge >= 0.3 is 11.9 Å². The van der Waals surface area contributed by atoms with Crippen molar-refractivity contribution in [2.45, 2.75) is 57.0 Å². The average Bonchev–Trinajstić information content (AvgIpc) is 2.37. The number of nitrogens with one attached hydrogen (secondary N) is 1. The number of nitrogens with two attached hydrogens (primary N) is 1. The van der Waals surface area contributed by atoms with Gasteiger partial charge in [-0.2, -0.15) is 0 Å². The summed E-state index contributed by atoms with van der Waals surface area (Å²) in [7, 11) is 0. The smallest absolute Gasteiger partial charge is 0.326 e. The average molecular weight is 286 g/mol. The Morgan fingerprint density at radius 2 is 1.75 bits per heavy atom. The first-order valence-corrected chi connectivity index (χ1v) is 6.90. The second kappa shape index (κ2) is 7.84. The molecule has 0 spiro atoms. The Hall–Kier alpha value is -1.63. The Labute approximate surface area is 117 Å². The Morgan fingerprint density at radius 1 is 1.15 bits per heavy atom. The van der Waals surface area contributed by atoms with Crippen molar-refractivity contribution in [3.63, 3.8) is 0 Å². The minimum Gasteiger partial charge on any atom is -0.481 e. The zero-order valence-corrected chi connectivity index (χ0v) is 11.4. The molecule has 0 aromatic carbocycles. The highest BCUT2D eigenvalue weighted by Gasteiger charge is 2.28. The molecule has 1 aliphatic carbocycles. The molecule has 0 heterocycles. The summed E-state index contributed by atoms with van der Waals surface area (Å²) in [6.07, 6.45) is 3.15. The molecule has 0 aromatic rings. The van der Waals surface area contributed by atoms with Crippen molar-refractivity contribution in [2.75, 3.05) is 0 Å². The third-order valence-corrected chi connectivity index (χ3v) is 3.64. The maximum atomic E-state index is 12.0. The molecule has 1 rings (SSSR count). The van der Waals surface area contributed by atoms with Crippen LogP contribution in [-0.2, 0) is 14.4 Å². The summed E-state index contributed by atoms with van der Waals surface area (Å²) in [5.74, 6) is -2.55. The Kier molecular flexibility index (Phi) is 6.44. The van der Waals surface area contributed by atoms with Crippen molar-refractivity contribution < 1.29 is 24.6 Å². The molecule has 114 valence electrons. The zero-order chi connectivity index (χ0) is 15.1. The van der Waals surface area contributed by atoms with Crippen molar-refractivity contribution in [1.29, 1.82) is 0 Å². The van der Waals surface area contributed by atoms with E-state index >= 15 is 0 Å². The quantitative estimate of drug-likeness (QED) is 0.533. The van der Waals surface area contributed by atoms with Gasteiger partial charge in [-0.1, -0.05) is 0 Å². The second-order valence-corrected chi connectivity index (χ2v) is 5.30. The molecule has 0 bridgehead atoms. The van der Waals surface area contributed by atoms with E-state index in [9.17, 15) is 14.4 Å². The van der Waals surface area contributed by atoms with Gasteiger partial charge in [0.25, 0.3) is 0 Å². The second-order valence-electron chi connectivity index (χ2n) is 5.30. The van der Waals surface area contributed by atoms with Gasteiger partial charge in [-0.3, -0.25) is 9.59 Å². The topological polar surface area (TPSA) is 130 Å². The van der Waals surface area contributed by atoms with E-state index in [0.29, 0.717) is 12.8 Å². The summed E-state index contributed by atoms with van der Waals surface area (Å²) in [5, 5.41) is 20.1. The monoisotopic (exact) mass is 286 g/mol. The van der Waals surface area contributed by atoms with E-state index in [1.165, 1.54) is 0 Å². The van der Waals surface area contributed by atoms with E-state index in [2.05, 4.69) is 5.32 Å². The SMILES string of the molecule is NC1CCC(C(=O)N[C@H](CCCC(=O)O)C(=O)O)CC1. The fourth-order valence-electron chi connectivity index (χ4n) is 2.39. The van der Waals surface area contributed by atoms with Gasteiger partial charge in [0, 0.05) is 18.4 Å². The number of rotatable bonds is 7. The van der Waals surface area contributed by atoms with Gasteiger partial charge in [0.2, 0.25) is 5.91 Å². The summed E-state index contributed by atoms with van der Waals surface area (Å²) >= 11 is 0. The standard InChI is InChI=1S/C13H22N2O5/c14-9-6-4-8(5-7-9)12(18)15-10(13(19)20)2-1-3-11(16)17/h8-10H,1-7,14H2,(H,15,18)(H,16,17)(H,19,20)/t8?,9?,10-/m1/s1. The molecule has 0 aliphatic heterocycles. The van der Waals surface area contributed by atoms with Crippen LogP contribution in [0.15, 0.2) is 0 Å². The largest absolute Gasteiger partial charge is 0.481 e. The maximum Gasteiger partial charge on any atom is 0.326 e. The Bertz CT molecular complexity index is 364. The van der Waals surface area contributed by atoms with Crippen molar-refractivity contribution in [3.05, 3.63) is 0 Å². The third-order valence-electron chi connectivity index (χ3n) is 3.64. The summed E-state index contributed by atoms with van der Waals surface area (Å²) in [6, 6.07) is -0.887. The van der Waals surface area contributed by atoms with Crippen molar-refractivity contribution in [2.24, 2.45) is 11.7 Å². The van der Waals surface area contributed by atoms with E-state index in [1.807, 2.05) is 0 Å². The minimum atomic E-state index is -1.13. The number of amides is 1. The molecule has 1 amide bonds. The van der Waals surface area contributed by atoms with Crippen LogP contribution in [0.25, 0.3) is 0 Å². The fraction of sp³-hybridized carbons (Fsp3) is 0.769. The van der Waals surface area contributed by atoms with Crippen LogP contribution in [0.3, 0.4) is 0 Å². The third kappa shape index (κ3) is 5.56. The number of hydrogen-bond donors (Lipinski definition) is 4. The van der Waals surface area contributed by atoms with Crippen LogP contribution in [0.4, 0.5) is 0 Å². The lowest BCUT2D eigenvalue weighted by Gasteiger charge is -2.26. The Morgan fingerprint density at radius 3 is 2.25 bits per heavy atom. The predicted octanol–water partition coefficient (Wildman–Crippen LogP) is 0.328. The molecular weight excluding hydrogens is 264 g/mol.